The normalized spacial score (nSPS) is 11.1. The quantitative estimate of drug-likeness (QED) is 0.346. The minimum atomic E-state index is 0.106. The van der Waals surface area contributed by atoms with Crippen molar-refractivity contribution in [2.45, 2.75) is 32.6 Å². The zero-order valence-corrected chi connectivity index (χ0v) is 18.1. The highest BCUT2D eigenvalue weighted by molar-refractivity contribution is 9.09. The van der Waals surface area contributed by atoms with E-state index in [4.69, 9.17) is 21.7 Å². The summed E-state index contributed by atoms with van der Waals surface area (Å²) in [6, 6.07) is 13.6. The summed E-state index contributed by atoms with van der Waals surface area (Å²) < 4.78 is 11.4. The minimum absolute atomic E-state index is 0.106. The predicted octanol–water partition coefficient (Wildman–Crippen LogP) is 5.34. The Morgan fingerprint density at radius 3 is 2.46 bits per heavy atom. The Hall–Kier alpha value is -1.66. The van der Waals surface area contributed by atoms with Crippen LogP contribution in [0.5, 0.6) is 11.6 Å². The summed E-state index contributed by atoms with van der Waals surface area (Å²) in [4.78, 5) is 6.20. The number of benzene rings is 1. The van der Waals surface area contributed by atoms with Gasteiger partial charge < -0.3 is 9.47 Å². The number of ether oxygens (including phenoxy) is 2. The summed E-state index contributed by atoms with van der Waals surface area (Å²) in [5.41, 5.74) is 1.36. The number of hydrogen-bond acceptors (Lipinski definition) is 4. The Balaban J connectivity index is 2.02. The molecule has 0 N–H and O–H groups in total. The second-order valence-electron chi connectivity index (χ2n) is 6.93. The Labute approximate surface area is 169 Å². The van der Waals surface area contributed by atoms with Gasteiger partial charge >= 0.3 is 0 Å². The van der Waals surface area contributed by atoms with Crippen molar-refractivity contribution < 1.29 is 9.47 Å². The number of rotatable bonds is 6. The highest BCUT2D eigenvalue weighted by atomic mass is 79.9. The molecule has 4 nitrogen and oxygen atoms in total. The molecule has 0 fully saturated rings. The van der Waals surface area contributed by atoms with Gasteiger partial charge in [0.15, 0.2) is 0 Å². The first kappa shape index (κ1) is 20.6. The molecule has 0 spiro atoms. The van der Waals surface area contributed by atoms with E-state index < -0.39 is 0 Å². The highest BCUT2D eigenvalue weighted by Crippen LogP contribution is 2.25. The molecule has 0 unspecified atom stereocenters. The van der Waals surface area contributed by atoms with Gasteiger partial charge in [-0.1, -0.05) is 54.9 Å². The molecule has 6 heteroatoms. The van der Waals surface area contributed by atoms with E-state index in [0.717, 1.165) is 11.8 Å². The largest absolute Gasteiger partial charge is 0.478 e. The summed E-state index contributed by atoms with van der Waals surface area (Å²) >= 11 is 8.80. The van der Waals surface area contributed by atoms with Crippen molar-refractivity contribution in [3.63, 3.8) is 0 Å². The average Bonchev–Trinajstić information content (AvgIpc) is 2.61. The number of nitrogens with zero attached hydrogens (tertiary/aromatic N) is 2. The molecule has 0 aliphatic carbocycles. The highest BCUT2D eigenvalue weighted by Gasteiger charge is 2.15. The van der Waals surface area contributed by atoms with Crippen molar-refractivity contribution in [1.29, 1.82) is 0 Å². The zero-order chi connectivity index (χ0) is 19.2. The van der Waals surface area contributed by atoms with Crippen molar-refractivity contribution in [1.82, 2.24) is 4.98 Å². The van der Waals surface area contributed by atoms with E-state index in [1.165, 1.54) is 5.56 Å². The van der Waals surface area contributed by atoms with Crippen LogP contribution in [-0.4, -0.2) is 29.1 Å². The van der Waals surface area contributed by atoms with E-state index in [1.807, 2.05) is 37.4 Å². The third-order valence-corrected chi connectivity index (χ3v) is 4.70. The lowest BCUT2D eigenvalue weighted by Gasteiger charge is -2.21. The maximum absolute atomic E-state index is 5.81. The Morgan fingerprint density at radius 1 is 1.15 bits per heavy atom. The van der Waals surface area contributed by atoms with Gasteiger partial charge in [0.1, 0.15) is 11.6 Å². The molecule has 2 aromatic rings. The van der Waals surface area contributed by atoms with E-state index in [1.54, 1.807) is 4.90 Å². The Morgan fingerprint density at radius 2 is 1.85 bits per heavy atom. The van der Waals surface area contributed by atoms with Gasteiger partial charge in [0.2, 0.25) is 5.88 Å². The van der Waals surface area contributed by atoms with Crippen LogP contribution in [0.15, 0.2) is 42.5 Å². The number of aromatic nitrogens is 1. The molecule has 0 aliphatic rings. The molecule has 0 amide bonds. The fraction of sp³-hybridized carbons (Fsp3) is 0.400. The number of thiocarbonyl (C=S) groups is 1. The minimum Gasteiger partial charge on any atom is -0.478 e. The van der Waals surface area contributed by atoms with Crippen LogP contribution < -0.4 is 14.4 Å². The molecule has 0 radical (unpaired) electrons. The van der Waals surface area contributed by atoms with Crippen molar-refractivity contribution in [3.05, 3.63) is 48.0 Å². The number of halogens is 1. The lowest BCUT2D eigenvalue weighted by atomic mass is 9.87. The van der Waals surface area contributed by atoms with Crippen molar-refractivity contribution in [2.24, 2.45) is 0 Å². The van der Waals surface area contributed by atoms with Crippen molar-refractivity contribution in [2.75, 3.05) is 23.9 Å². The van der Waals surface area contributed by atoms with Gasteiger partial charge in [-0.25, -0.2) is 0 Å². The van der Waals surface area contributed by atoms with Crippen LogP contribution >= 0.6 is 28.1 Å². The van der Waals surface area contributed by atoms with Gasteiger partial charge in [-0.3, -0.25) is 4.90 Å². The first-order chi connectivity index (χ1) is 12.3. The SMILES string of the molecule is CN(C(=S)Oc1ccc(C(C)(C)C)cc1)c1cccc(OCCCBr)n1. The van der Waals surface area contributed by atoms with Gasteiger partial charge in [-0.2, -0.15) is 4.98 Å². The van der Waals surface area contributed by atoms with Crippen LogP contribution in [0, 0.1) is 0 Å². The van der Waals surface area contributed by atoms with Crippen LogP contribution in [0.4, 0.5) is 5.82 Å². The molecule has 26 heavy (non-hydrogen) atoms. The summed E-state index contributed by atoms with van der Waals surface area (Å²) in [6.07, 6.45) is 0.924. The fourth-order valence-electron chi connectivity index (χ4n) is 2.19. The third-order valence-electron chi connectivity index (χ3n) is 3.78. The molecular weight excluding hydrogens is 412 g/mol. The molecule has 2 rings (SSSR count). The predicted molar refractivity (Wildman–Crippen MR) is 115 cm³/mol. The number of alkyl halides is 1. The second kappa shape index (κ2) is 9.33. The van der Waals surface area contributed by atoms with Crippen molar-refractivity contribution in [3.8, 4) is 11.6 Å². The van der Waals surface area contributed by atoms with Crippen LogP contribution in [0.1, 0.15) is 32.8 Å². The molecule has 1 heterocycles. The number of pyridine rings is 1. The molecule has 140 valence electrons. The monoisotopic (exact) mass is 436 g/mol. The van der Waals surface area contributed by atoms with E-state index in [0.29, 0.717) is 29.2 Å². The lowest BCUT2D eigenvalue weighted by Crippen LogP contribution is -2.30. The second-order valence-corrected chi connectivity index (χ2v) is 8.07. The maximum Gasteiger partial charge on any atom is 0.270 e. The average molecular weight is 437 g/mol. The van der Waals surface area contributed by atoms with E-state index in [2.05, 4.69) is 53.8 Å². The molecule has 0 saturated heterocycles. The number of hydrogen-bond donors (Lipinski definition) is 0. The van der Waals surface area contributed by atoms with Gasteiger partial charge in [-0.05, 0) is 47.8 Å². The first-order valence-electron chi connectivity index (χ1n) is 8.53. The summed E-state index contributed by atoms with van der Waals surface area (Å²) in [7, 11) is 1.83. The summed E-state index contributed by atoms with van der Waals surface area (Å²) in [5.74, 6) is 1.96. The molecule has 1 aromatic heterocycles. The van der Waals surface area contributed by atoms with Crippen LogP contribution in [0.25, 0.3) is 0 Å². The molecule has 1 aromatic carbocycles. The molecule has 0 bridgehead atoms. The van der Waals surface area contributed by atoms with E-state index in [-0.39, 0.29) is 5.41 Å². The van der Waals surface area contributed by atoms with Gasteiger partial charge in [0.05, 0.1) is 6.61 Å². The maximum atomic E-state index is 5.81. The van der Waals surface area contributed by atoms with E-state index >= 15 is 0 Å². The standard InChI is InChI=1S/C20H25BrN2O2S/c1-20(2,3)15-9-11-16(12-10-15)25-19(26)23(4)17-7-5-8-18(22-17)24-14-6-13-21/h5,7-12H,6,13-14H2,1-4H3. The lowest BCUT2D eigenvalue weighted by molar-refractivity contribution is 0.307. The molecule has 0 saturated carbocycles. The molecular formula is C20H25BrN2O2S. The fourth-order valence-corrected chi connectivity index (χ4v) is 2.61. The molecule has 0 aliphatic heterocycles. The summed E-state index contributed by atoms with van der Waals surface area (Å²) in [6.45, 7) is 7.16. The van der Waals surface area contributed by atoms with Gasteiger partial charge in [-0.15, -0.1) is 0 Å². The van der Waals surface area contributed by atoms with Crippen LogP contribution in [0.3, 0.4) is 0 Å². The summed E-state index contributed by atoms with van der Waals surface area (Å²) in [5, 5.41) is 1.23. The number of anilines is 1. The zero-order valence-electron chi connectivity index (χ0n) is 15.7. The van der Waals surface area contributed by atoms with Crippen LogP contribution in [0.2, 0.25) is 0 Å². The van der Waals surface area contributed by atoms with Gasteiger partial charge in [0.25, 0.3) is 5.17 Å². The smallest absolute Gasteiger partial charge is 0.270 e. The van der Waals surface area contributed by atoms with Crippen molar-refractivity contribution >= 4 is 39.1 Å². The molecule has 0 atom stereocenters. The first-order valence-corrected chi connectivity index (χ1v) is 10.1. The third kappa shape index (κ3) is 5.95. The Bertz CT molecular complexity index is 729. The van der Waals surface area contributed by atoms with Crippen LogP contribution in [-0.2, 0) is 5.41 Å². The van der Waals surface area contributed by atoms with Gasteiger partial charge in [0, 0.05) is 18.4 Å². The Kier molecular flexibility index (Phi) is 7.41. The van der Waals surface area contributed by atoms with E-state index in [9.17, 15) is 0 Å². The topological polar surface area (TPSA) is 34.6 Å².